The normalized spacial score (nSPS) is 22.2. The zero-order chi connectivity index (χ0) is 16.5. The standard InChI is InChI=1S/C16H20ClN5O2/c1-11-10-24-9-6-22(11)15-12-2-3-13(17)18-14(12)19-16(20-15)21-4-7-23-8-5-21/h2-3,11H,4-10H2,1H3/t11-/m0/s1. The highest BCUT2D eigenvalue weighted by molar-refractivity contribution is 6.29. The fourth-order valence-electron chi connectivity index (χ4n) is 3.13. The highest BCUT2D eigenvalue weighted by Crippen LogP contribution is 2.29. The van der Waals surface area contributed by atoms with E-state index in [4.69, 9.17) is 26.1 Å². The minimum absolute atomic E-state index is 0.255. The second-order valence-corrected chi connectivity index (χ2v) is 6.46. The molecular formula is C16H20ClN5O2. The number of nitrogens with zero attached hydrogens (tertiary/aromatic N) is 5. The van der Waals surface area contributed by atoms with E-state index in [0.717, 1.165) is 30.8 Å². The SMILES string of the molecule is C[C@H]1COCCN1c1nc(N2CCOCC2)nc2nc(Cl)ccc12. The van der Waals surface area contributed by atoms with Crippen LogP contribution in [0.15, 0.2) is 12.1 Å². The van der Waals surface area contributed by atoms with Gasteiger partial charge in [-0.1, -0.05) is 11.6 Å². The van der Waals surface area contributed by atoms with Crippen LogP contribution in [0.2, 0.25) is 5.15 Å². The summed E-state index contributed by atoms with van der Waals surface area (Å²) in [5, 5.41) is 1.36. The Kier molecular flexibility index (Phi) is 4.39. The van der Waals surface area contributed by atoms with Gasteiger partial charge >= 0.3 is 0 Å². The van der Waals surface area contributed by atoms with Crippen LogP contribution < -0.4 is 9.80 Å². The number of pyridine rings is 1. The smallest absolute Gasteiger partial charge is 0.229 e. The van der Waals surface area contributed by atoms with Crippen LogP contribution in [0.1, 0.15) is 6.92 Å². The molecule has 4 heterocycles. The number of morpholine rings is 2. The van der Waals surface area contributed by atoms with Crippen molar-refractivity contribution in [2.75, 3.05) is 55.9 Å². The quantitative estimate of drug-likeness (QED) is 0.765. The molecule has 0 saturated carbocycles. The third-order valence-corrected chi connectivity index (χ3v) is 4.64. The van der Waals surface area contributed by atoms with Crippen molar-refractivity contribution in [2.45, 2.75) is 13.0 Å². The summed E-state index contributed by atoms with van der Waals surface area (Å²) in [4.78, 5) is 18.3. The van der Waals surface area contributed by atoms with E-state index in [1.54, 1.807) is 6.07 Å². The lowest BCUT2D eigenvalue weighted by atomic mass is 10.2. The molecule has 0 radical (unpaired) electrons. The van der Waals surface area contributed by atoms with Gasteiger partial charge in [0.25, 0.3) is 0 Å². The van der Waals surface area contributed by atoms with E-state index in [1.807, 2.05) is 6.07 Å². The number of halogens is 1. The van der Waals surface area contributed by atoms with E-state index in [1.165, 1.54) is 0 Å². The van der Waals surface area contributed by atoms with E-state index in [2.05, 4.69) is 26.7 Å². The average Bonchev–Trinajstić information content (AvgIpc) is 2.62. The molecule has 2 fully saturated rings. The van der Waals surface area contributed by atoms with Crippen molar-refractivity contribution in [3.63, 3.8) is 0 Å². The predicted octanol–water partition coefficient (Wildman–Crippen LogP) is 1.74. The molecule has 2 aliphatic heterocycles. The molecular weight excluding hydrogens is 330 g/mol. The van der Waals surface area contributed by atoms with E-state index in [-0.39, 0.29) is 6.04 Å². The Morgan fingerprint density at radius 1 is 1.04 bits per heavy atom. The van der Waals surface area contributed by atoms with Crippen molar-refractivity contribution in [3.8, 4) is 0 Å². The lowest BCUT2D eigenvalue weighted by Gasteiger charge is -2.35. The van der Waals surface area contributed by atoms with Crippen molar-refractivity contribution < 1.29 is 9.47 Å². The van der Waals surface area contributed by atoms with Crippen LogP contribution in [0.3, 0.4) is 0 Å². The Morgan fingerprint density at radius 3 is 2.62 bits per heavy atom. The van der Waals surface area contributed by atoms with Gasteiger partial charge in [-0.3, -0.25) is 0 Å². The van der Waals surface area contributed by atoms with Gasteiger partial charge in [-0.25, -0.2) is 4.98 Å². The van der Waals surface area contributed by atoms with Crippen molar-refractivity contribution in [2.24, 2.45) is 0 Å². The molecule has 4 rings (SSSR count). The van der Waals surface area contributed by atoms with Crippen LogP contribution in [0.4, 0.5) is 11.8 Å². The van der Waals surface area contributed by atoms with Gasteiger partial charge in [-0.05, 0) is 19.1 Å². The Balaban J connectivity index is 1.82. The van der Waals surface area contributed by atoms with Crippen LogP contribution in [-0.4, -0.2) is 67.1 Å². The molecule has 0 aromatic carbocycles. The molecule has 128 valence electrons. The van der Waals surface area contributed by atoms with Gasteiger partial charge in [0.1, 0.15) is 11.0 Å². The molecule has 2 aromatic heterocycles. The number of fused-ring (bicyclic) bond motifs is 1. The van der Waals surface area contributed by atoms with E-state index in [9.17, 15) is 0 Å². The predicted molar refractivity (Wildman–Crippen MR) is 93.0 cm³/mol. The lowest BCUT2D eigenvalue weighted by Crippen LogP contribution is -2.44. The number of anilines is 2. The summed E-state index contributed by atoms with van der Waals surface area (Å²) in [6.45, 7) is 7.28. The summed E-state index contributed by atoms with van der Waals surface area (Å²) in [5.41, 5.74) is 0.632. The van der Waals surface area contributed by atoms with Gasteiger partial charge in [0.05, 0.1) is 37.9 Å². The highest BCUT2D eigenvalue weighted by Gasteiger charge is 2.25. The van der Waals surface area contributed by atoms with Gasteiger partial charge in [0.15, 0.2) is 5.65 Å². The van der Waals surface area contributed by atoms with Crippen LogP contribution in [0.5, 0.6) is 0 Å². The van der Waals surface area contributed by atoms with Gasteiger partial charge in [-0.2, -0.15) is 9.97 Å². The summed E-state index contributed by atoms with van der Waals surface area (Å²) in [6.07, 6.45) is 0. The monoisotopic (exact) mass is 349 g/mol. The van der Waals surface area contributed by atoms with Gasteiger partial charge in [0, 0.05) is 19.6 Å². The van der Waals surface area contributed by atoms with Crippen molar-refractivity contribution in [1.29, 1.82) is 0 Å². The average molecular weight is 350 g/mol. The van der Waals surface area contributed by atoms with Crippen molar-refractivity contribution in [1.82, 2.24) is 15.0 Å². The molecule has 2 saturated heterocycles. The number of hydrogen-bond acceptors (Lipinski definition) is 7. The molecule has 24 heavy (non-hydrogen) atoms. The zero-order valence-corrected chi connectivity index (χ0v) is 14.4. The summed E-state index contributed by atoms with van der Waals surface area (Å²) in [7, 11) is 0. The fourth-order valence-corrected chi connectivity index (χ4v) is 3.27. The molecule has 0 unspecified atom stereocenters. The van der Waals surface area contributed by atoms with Gasteiger partial charge in [-0.15, -0.1) is 0 Å². The highest BCUT2D eigenvalue weighted by atomic mass is 35.5. The Hall–Kier alpha value is -1.70. The first-order valence-electron chi connectivity index (χ1n) is 8.24. The first-order valence-corrected chi connectivity index (χ1v) is 8.61. The minimum Gasteiger partial charge on any atom is -0.378 e. The molecule has 2 aliphatic rings. The van der Waals surface area contributed by atoms with Crippen LogP contribution in [0, 0.1) is 0 Å². The summed E-state index contributed by atoms with van der Waals surface area (Å²) in [6, 6.07) is 3.99. The summed E-state index contributed by atoms with van der Waals surface area (Å²) >= 11 is 6.08. The van der Waals surface area contributed by atoms with Crippen molar-refractivity contribution in [3.05, 3.63) is 17.3 Å². The van der Waals surface area contributed by atoms with E-state index < -0.39 is 0 Å². The molecule has 0 amide bonds. The molecule has 0 N–H and O–H groups in total. The van der Waals surface area contributed by atoms with Crippen LogP contribution in [-0.2, 0) is 9.47 Å². The first-order chi connectivity index (χ1) is 11.7. The number of hydrogen-bond donors (Lipinski definition) is 0. The zero-order valence-electron chi connectivity index (χ0n) is 13.6. The maximum absolute atomic E-state index is 6.08. The topological polar surface area (TPSA) is 63.6 Å². The Morgan fingerprint density at radius 2 is 1.83 bits per heavy atom. The van der Waals surface area contributed by atoms with E-state index >= 15 is 0 Å². The fraction of sp³-hybridized carbons (Fsp3) is 0.562. The lowest BCUT2D eigenvalue weighted by molar-refractivity contribution is 0.0986. The van der Waals surface area contributed by atoms with Crippen LogP contribution in [0.25, 0.3) is 11.0 Å². The number of ether oxygens (including phenoxy) is 2. The second-order valence-electron chi connectivity index (χ2n) is 6.07. The largest absolute Gasteiger partial charge is 0.378 e. The Bertz CT molecular complexity index is 738. The Labute approximate surface area is 145 Å². The third-order valence-electron chi connectivity index (χ3n) is 4.43. The molecule has 0 bridgehead atoms. The molecule has 8 heteroatoms. The van der Waals surface area contributed by atoms with Gasteiger partial charge < -0.3 is 19.3 Å². The molecule has 1 atom stereocenters. The maximum atomic E-state index is 6.08. The van der Waals surface area contributed by atoms with Crippen molar-refractivity contribution >= 4 is 34.4 Å². The second kappa shape index (κ2) is 6.66. The molecule has 0 spiro atoms. The number of rotatable bonds is 2. The molecule has 7 nitrogen and oxygen atoms in total. The number of aromatic nitrogens is 3. The first kappa shape index (κ1) is 15.8. The summed E-state index contributed by atoms with van der Waals surface area (Å²) < 4.78 is 11.0. The van der Waals surface area contributed by atoms with E-state index in [0.29, 0.717) is 43.2 Å². The minimum atomic E-state index is 0.255. The van der Waals surface area contributed by atoms with Crippen LogP contribution >= 0.6 is 11.6 Å². The molecule has 0 aliphatic carbocycles. The maximum Gasteiger partial charge on any atom is 0.229 e. The third kappa shape index (κ3) is 2.99. The summed E-state index contributed by atoms with van der Waals surface area (Å²) in [5.74, 6) is 1.59. The molecule has 2 aromatic rings. The van der Waals surface area contributed by atoms with Gasteiger partial charge in [0.2, 0.25) is 5.95 Å².